The number of likely N-dealkylation sites (N-methyl/N-ethyl adjacent to an activating group) is 1. The molecule has 1 unspecified atom stereocenters. The average Bonchev–Trinajstić information content (AvgIpc) is 3.41. The number of para-hydroxylation sites is 1. The van der Waals surface area contributed by atoms with Gasteiger partial charge in [-0.25, -0.2) is 0 Å². The van der Waals surface area contributed by atoms with Crippen molar-refractivity contribution in [3.63, 3.8) is 0 Å². The van der Waals surface area contributed by atoms with E-state index in [4.69, 9.17) is 4.42 Å². The van der Waals surface area contributed by atoms with Crippen LogP contribution in [0.25, 0.3) is 11.0 Å². The van der Waals surface area contributed by atoms with Gasteiger partial charge in [0.05, 0.1) is 16.6 Å². The summed E-state index contributed by atoms with van der Waals surface area (Å²) in [6, 6.07) is 12.4. The second-order valence-corrected chi connectivity index (χ2v) is 9.32. The number of carbonyl (C=O) groups is 2. The number of hydrogen-bond acceptors (Lipinski definition) is 7. The van der Waals surface area contributed by atoms with Gasteiger partial charge in [-0.2, -0.15) is 0 Å². The number of benzene rings is 2. The summed E-state index contributed by atoms with van der Waals surface area (Å²) in [5.41, 5.74) is 0.313. The molecule has 164 valence electrons. The zero-order valence-corrected chi connectivity index (χ0v) is 18.9. The molecule has 0 radical (unpaired) electrons. The van der Waals surface area contributed by atoms with Crippen molar-refractivity contribution in [1.82, 2.24) is 10.2 Å². The van der Waals surface area contributed by atoms with Gasteiger partial charge in [0.25, 0.3) is 11.8 Å². The van der Waals surface area contributed by atoms with Crippen molar-refractivity contribution < 1.29 is 14.0 Å². The molecule has 2 aromatic heterocycles. The third-order valence-electron chi connectivity index (χ3n) is 6.30. The molecule has 6 rings (SSSR count). The highest BCUT2D eigenvalue weighted by Gasteiger charge is 2.66. The largest absolute Gasteiger partial charge is 0.450 e. The van der Waals surface area contributed by atoms with E-state index in [1.54, 1.807) is 36.1 Å². The van der Waals surface area contributed by atoms with Crippen molar-refractivity contribution in [3.8, 4) is 0 Å². The molecule has 0 bridgehead atoms. The van der Waals surface area contributed by atoms with Gasteiger partial charge in [0, 0.05) is 12.1 Å². The van der Waals surface area contributed by atoms with Crippen molar-refractivity contribution in [2.45, 2.75) is 26.3 Å². The molecule has 0 aliphatic carbocycles. The Hall–Kier alpha value is -3.85. The van der Waals surface area contributed by atoms with Gasteiger partial charge in [-0.3, -0.25) is 19.3 Å². The lowest BCUT2D eigenvalue weighted by molar-refractivity contribution is -0.121. The number of aromatic nitrogens is 2. The number of amides is 2. The maximum absolute atomic E-state index is 14.2. The first-order chi connectivity index (χ1) is 15.9. The van der Waals surface area contributed by atoms with Crippen LogP contribution in [0.1, 0.15) is 39.2 Å². The van der Waals surface area contributed by atoms with Crippen molar-refractivity contribution in [2.75, 3.05) is 16.3 Å². The maximum Gasteiger partial charge on any atom is 0.297 e. The number of hydrogen-bond donors (Lipinski definition) is 0. The van der Waals surface area contributed by atoms with E-state index in [-0.39, 0.29) is 22.4 Å². The van der Waals surface area contributed by atoms with Crippen molar-refractivity contribution in [3.05, 3.63) is 80.1 Å². The Balaban J connectivity index is 1.81. The Kier molecular flexibility index (Phi) is 3.95. The lowest BCUT2D eigenvalue weighted by Crippen LogP contribution is -2.53. The van der Waals surface area contributed by atoms with E-state index in [2.05, 4.69) is 10.2 Å². The summed E-state index contributed by atoms with van der Waals surface area (Å²) in [5, 5.41) is 9.45. The molecule has 2 amide bonds. The van der Waals surface area contributed by atoms with Gasteiger partial charge in [0.2, 0.25) is 10.9 Å². The van der Waals surface area contributed by atoms with Crippen molar-refractivity contribution in [2.24, 2.45) is 0 Å². The molecule has 33 heavy (non-hydrogen) atoms. The number of fused-ring (bicyclic) bond motifs is 5. The van der Waals surface area contributed by atoms with Crippen LogP contribution in [0.2, 0.25) is 0 Å². The fourth-order valence-electron chi connectivity index (χ4n) is 4.97. The van der Waals surface area contributed by atoms with Gasteiger partial charge in [0.15, 0.2) is 11.0 Å². The number of rotatable bonds is 2. The number of carbonyl (C=O) groups excluding carboxylic acids is 2. The lowest BCUT2D eigenvalue weighted by Gasteiger charge is -2.31. The van der Waals surface area contributed by atoms with Gasteiger partial charge in [-0.1, -0.05) is 41.2 Å². The minimum absolute atomic E-state index is 0.0341. The fourth-order valence-corrected chi connectivity index (χ4v) is 5.71. The molecule has 4 heterocycles. The Morgan fingerprint density at radius 2 is 1.85 bits per heavy atom. The van der Waals surface area contributed by atoms with Crippen LogP contribution in [0, 0.1) is 13.8 Å². The molecule has 9 heteroatoms. The van der Waals surface area contributed by atoms with Gasteiger partial charge in [-0.05, 0) is 39.0 Å². The molecular weight excluding hydrogens is 440 g/mol. The number of anilines is 2. The third kappa shape index (κ3) is 2.32. The smallest absolute Gasteiger partial charge is 0.297 e. The van der Waals surface area contributed by atoms with Crippen molar-refractivity contribution >= 4 is 44.9 Å². The average molecular weight is 458 g/mol. The van der Waals surface area contributed by atoms with Crippen LogP contribution in [0.4, 0.5) is 10.8 Å². The summed E-state index contributed by atoms with van der Waals surface area (Å²) in [6.45, 7) is 5.88. The molecule has 1 spiro atoms. The van der Waals surface area contributed by atoms with Crippen LogP contribution >= 0.6 is 11.3 Å². The van der Waals surface area contributed by atoms with E-state index in [9.17, 15) is 14.4 Å². The first-order valence-electron chi connectivity index (χ1n) is 10.5. The van der Waals surface area contributed by atoms with Gasteiger partial charge < -0.3 is 9.32 Å². The Bertz CT molecular complexity index is 1570. The molecule has 0 saturated carbocycles. The zero-order valence-electron chi connectivity index (χ0n) is 18.1. The molecule has 2 aromatic carbocycles. The van der Waals surface area contributed by atoms with E-state index in [0.717, 1.165) is 5.56 Å². The fraction of sp³-hybridized carbons (Fsp3) is 0.208. The zero-order chi connectivity index (χ0) is 23.1. The Morgan fingerprint density at radius 3 is 2.58 bits per heavy atom. The highest BCUT2D eigenvalue weighted by molar-refractivity contribution is 7.15. The Labute approximate surface area is 192 Å². The van der Waals surface area contributed by atoms with E-state index >= 15 is 0 Å². The number of nitrogens with zero attached hydrogens (tertiary/aromatic N) is 4. The summed E-state index contributed by atoms with van der Waals surface area (Å²) in [5.74, 6) is -1.10. The second-order valence-electron chi connectivity index (χ2n) is 8.16. The van der Waals surface area contributed by atoms with Crippen LogP contribution < -0.4 is 15.2 Å². The molecule has 0 N–H and O–H groups in total. The normalized spacial score (nSPS) is 19.1. The summed E-state index contributed by atoms with van der Waals surface area (Å²) in [6.07, 6.45) is 0. The SMILES string of the molecule is CCN1C(=O)C2(c3ccccc31)c1c(oc3ccc(C)cc3c1=O)C(=O)N2c1nnc(C)s1. The molecule has 8 nitrogen and oxygen atoms in total. The lowest BCUT2D eigenvalue weighted by atomic mass is 9.84. The minimum Gasteiger partial charge on any atom is -0.450 e. The maximum atomic E-state index is 14.2. The number of aryl methyl sites for hydroxylation is 2. The topological polar surface area (TPSA) is 96.6 Å². The van der Waals surface area contributed by atoms with Crippen LogP contribution in [-0.2, 0) is 10.3 Å². The molecule has 1 atom stereocenters. The second kappa shape index (κ2) is 6.58. The molecule has 4 aromatic rings. The first-order valence-corrected chi connectivity index (χ1v) is 11.3. The van der Waals surface area contributed by atoms with Gasteiger partial charge >= 0.3 is 0 Å². The van der Waals surface area contributed by atoms with Crippen molar-refractivity contribution in [1.29, 1.82) is 0 Å². The van der Waals surface area contributed by atoms with Gasteiger partial charge in [0.1, 0.15) is 10.6 Å². The first kappa shape index (κ1) is 19.8. The molecular formula is C24H18N4O4S. The summed E-state index contributed by atoms with van der Waals surface area (Å²) >= 11 is 1.19. The highest BCUT2D eigenvalue weighted by Crippen LogP contribution is 2.54. The predicted molar refractivity (Wildman–Crippen MR) is 124 cm³/mol. The van der Waals surface area contributed by atoms with E-state index in [1.165, 1.54) is 16.2 Å². The molecule has 2 aliphatic heterocycles. The summed E-state index contributed by atoms with van der Waals surface area (Å²) in [7, 11) is 0. The predicted octanol–water partition coefficient (Wildman–Crippen LogP) is 3.53. The Morgan fingerprint density at radius 1 is 1.06 bits per heavy atom. The van der Waals surface area contributed by atoms with Gasteiger partial charge in [-0.15, -0.1) is 10.2 Å². The van der Waals surface area contributed by atoms with E-state index in [1.807, 2.05) is 32.0 Å². The monoisotopic (exact) mass is 458 g/mol. The quantitative estimate of drug-likeness (QED) is 0.456. The standard InChI is InChI=1S/C24H18N4O4S/c1-4-27-16-8-6-5-7-15(16)24(22(27)31)18-19(29)14-11-12(2)9-10-17(14)32-20(18)21(30)28(24)23-26-25-13(3)33-23/h5-11H,4H2,1-3H3. The highest BCUT2D eigenvalue weighted by atomic mass is 32.1. The third-order valence-corrected chi connectivity index (χ3v) is 7.13. The van der Waals surface area contributed by atoms with Crippen LogP contribution in [0.5, 0.6) is 0 Å². The molecule has 0 saturated heterocycles. The van der Waals surface area contributed by atoms with Crippen LogP contribution in [-0.4, -0.2) is 28.6 Å². The molecule has 2 aliphatic rings. The van der Waals surface area contributed by atoms with Crippen LogP contribution in [0.15, 0.2) is 51.7 Å². The van der Waals surface area contributed by atoms with E-state index in [0.29, 0.717) is 33.8 Å². The molecule has 0 fully saturated rings. The van der Waals surface area contributed by atoms with E-state index < -0.39 is 16.9 Å². The minimum atomic E-state index is -1.70. The summed E-state index contributed by atoms with van der Waals surface area (Å²) < 4.78 is 6.02. The summed E-state index contributed by atoms with van der Waals surface area (Å²) in [4.78, 5) is 44.9. The van der Waals surface area contributed by atoms with Crippen LogP contribution in [0.3, 0.4) is 0 Å².